The highest BCUT2D eigenvalue weighted by Crippen LogP contribution is 1.96. The third-order valence-electron chi connectivity index (χ3n) is 2.72. The Bertz CT molecular complexity index is 436. The number of hydrazine groups is 1. The van der Waals surface area contributed by atoms with E-state index in [4.69, 9.17) is 0 Å². The molecule has 0 radical (unpaired) electrons. The van der Waals surface area contributed by atoms with Crippen molar-refractivity contribution in [3.8, 4) is 0 Å². The van der Waals surface area contributed by atoms with Crippen molar-refractivity contribution < 1.29 is 19.2 Å². The molecule has 180 valence electrons. The summed E-state index contributed by atoms with van der Waals surface area (Å²) in [6.45, 7) is 23.9. The van der Waals surface area contributed by atoms with Crippen molar-refractivity contribution in [1.29, 1.82) is 0 Å². The van der Waals surface area contributed by atoms with Gasteiger partial charge in [-0.3, -0.25) is 19.8 Å². The molecule has 0 aliphatic carbocycles. The first-order valence-electron chi connectivity index (χ1n) is 10.7. The van der Waals surface area contributed by atoms with Crippen LogP contribution in [0, 0.1) is 0 Å². The van der Waals surface area contributed by atoms with Gasteiger partial charge in [0.15, 0.2) is 11.6 Å². The van der Waals surface area contributed by atoms with Gasteiger partial charge in [0.25, 0.3) is 0 Å². The fraction of sp³-hybridized carbons (Fsp3) is 0.667. The van der Waals surface area contributed by atoms with E-state index in [0.717, 1.165) is 24.0 Å². The quantitative estimate of drug-likeness (QED) is 0.244. The summed E-state index contributed by atoms with van der Waals surface area (Å²) in [6.07, 6.45) is 5.94. The zero-order chi connectivity index (χ0) is 25.7. The fourth-order valence-corrected chi connectivity index (χ4v) is 0.898. The number of hydrogen-bond acceptors (Lipinski definition) is 5. The number of Topliss-reactive ketones (excluding diaryl/α,β-unsaturated/α-hetero) is 1. The molecule has 0 bridgehead atoms. The molecule has 0 heterocycles. The summed E-state index contributed by atoms with van der Waals surface area (Å²) in [4.78, 5) is 40.1. The van der Waals surface area contributed by atoms with Gasteiger partial charge in [0, 0.05) is 13.3 Å². The molecule has 6 nitrogen and oxygen atoms in total. The molecule has 0 aliphatic heterocycles. The third-order valence-corrected chi connectivity index (χ3v) is 2.72. The molecule has 0 fully saturated rings. The lowest BCUT2D eigenvalue weighted by atomic mass is 10.2. The highest BCUT2D eigenvalue weighted by atomic mass is 16.2. The Hall–Kier alpha value is -2.08. The molecule has 0 saturated carbocycles. The van der Waals surface area contributed by atoms with E-state index in [1.165, 1.54) is 6.92 Å². The molecule has 0 saturated heterocycles. The smallest absolute Gasteiger partial charge is 0.230 e. The van der Waals surface area contributed by atoms with E-state index in [-0.39, 0.29) is 23.3 Å². The van der Waals surface area contributed by atoms with E-state index in [1.807, 2.05) is 67.7 Å². The number of carbonyl (C=O) groups is 4. The normalized spacial score (nSPS) is 9.00. The van der Waals surface area contributed by atoms with Crippen molar-refractivity contribution in [3.63, 3.8) is 0 Å². The summed E-state index contributed by atoms with van der Waals surface area (Å²) < 4.78 is 0. The minimum Gasteiger partial charge on any atom is -0.300 e. The molecular weight excluding hydrogens is 380 g/mol. The summed E-state index contributed by atoms with van der Waals surface area (Å²) in [5.41, 5.74) is 4.19. The Morgan fingerprint density at radius 1 is 0.633 bits per heavy atom. The number of carbonyl (C=O) groups excluding carboxylic acids is 4. The van der Waals surface area contributed by atoms with E-state index >= 15 is 0 Å². The van der Waals surface area contributed by atoms with Gasteiger partial charge in [0.2, 0.25) is 5.91 Å². The Morgan fingerprint density at radius 2 is 0.833 bits per heavy atom. The molecule has 0 aromatic rings. The van der Waals surface area contributed by atoms with Crippen LogP contribution in [0.1, 0.15) is 109 Å². The van der Waals surface area contributed by atoms with Crippen molar-refractivity contribution in [1.82, 2.24) is 5.43 Å². The minimum absolute atomic E-state index is 0.143. The minimum atomic E-state index is -0.218. The summed E-state index contributed by atoms with van der Waals surface area (Å²) in [7, 11) is 0. The topological polar surface area (TPSA) is 106 Å². The predicted molar refractivity (Wildman–Crippen MR) is 131 cm³/mol. The molecule has 1 amide bonds. The molecule has 30 heavy (non-hydrogen) atoms. The summed E-state index contributed by atoms with van der Waals surface area (Å²) in [5, 5.41) is 0. The van der Waals surface area contributed by atoms with Crippen LogP contribution in [0.5, 0.6) is 0 Å². The summed E-state index contributed by atoms with van der Waals surface area (Å²) >= 11 is 0. The molecule has 0 aromatic carbocycles. The maximum Gasteiger partial charge on any atom is 0.230 e. The number of allylic oxidation sites excluding steroid dienone is 4. The second-order valence-electron chi connectivity index (χ2n) is 5.67. The van der Waals surface area contributed by atoms with Crippen LogP contribution < -0.4 is 11.3 Å². The predicted octanol–water partition coefficient (Wildman–Crippen LogP) is 5.90. The highest BCUT2D eigenvalue weighted by Gasteiger charge is 1.86. The van der Waals surface area contributed by atoms with Gasteiger partial charge < -0.3 is 4.79 Å². The van der Waals surface area contributed by atoms with Crippen LogP contribution in [0.25, 0.3) is 0 Å². The monoisotopic (exact) mass is 430 g/mol. The molecule has 0 aromatic heterocycles. The van der Waals surface area contributed by atoms with Crippen LogP contribution in [0.2, 0.25) is 0 Å². The zero-order valence-electron chi connectivity index (χ0n) is 22.0. The van der Waals surface area contributed by atoms with Gasteiger partial charge >= 0.3 is 0 Å². The Labute approximate surface area is 186 Å². The van der Waals surface area contributed by atoms with E-state index in [1.54, 1.807) is 32.9 Å². The Kier molecular flexibility index (Phi) is 52.8. The van der Waals surface area contributed by atoms with Crippen molar-refractivity contribution in [2.75, 3.05) is 0 Å². The summed E-state index contributed by atoms with van der Waals surface area (Å²) in [6, 6.07) is 0. The molecule has 0 unspecified atom stereocenters. The number of nitrogens with one attached hydrogen (secondary N) is 1. The average molecular weight is 431 g/mol. The van der Waals surface area contributed by atoms with Gasteiger partial charge in [0.05, 0.1) is 0 Å². The zero-order valence-corrected chi connectivity index (χ0v) is 22.0. The highest BCUT2D eigenvalue weighted by molar-refractivity contribution is 5.88. The fourth-order valence-electron chi connectivity index (χ4n) is 0.898. The van der Waals surface area contributed by atoms with Crippen LogP contribution >= 0.6 is 0 Å². The van der Waals surface area contributed by atoms with Crippen LogP contribution in [-0.4, -0.2) is 23.3 Å². The standard InChI is InChI=1S/2C7H12O.C4H8O.C2H6N2O.2C2H6/c2*1-4-6(2)5-7(3)8;1-3-4(2)5;1-2(5)4-3;2*1-2/h2*5H,4H2,1-3H3;3H2,1-2H3;3H2,1H3,(H,4,5);2*1-2H3/b2*6-5-;;;;. The van der Waals surface area contributed by atoms with Gasteiger partial charge in [-0.05, 0) is 59.6 Å². The molecule has 0 atom stereocenters. The third kappa shape index (κ3) is 83.1. The van der Waals surface area contributed by atoms with Gasteiger partial charge in [-0.15, -0.1) is 0 Å². The van der Waals surface area contributed by atoms with Crippen molar-refractivity contribution in [2.45, 2.75) is 109 Å². The second-order valence-corrected chi connectivity index (χ2v) is 5.67. The van der Waals surface area contributed by atoms with Gasteiger partial charge in [0.1, 0.15) is 5.78 Å². The van der Waals surface area contributed by atoms with Gasteiger partial charge in [-0.1, -0.05) is 59.6 Å². The van der Waals surface area contributed by atoms with Crippen LogP contribution in [-0.2, 0) is 19.2 Å². The lowest BCUT2D eigenvalue weighted by molar-refractivity contribution is -0.119. The molecular formula is C24H50N2O4. The van der Waals surface area contributed by atoms with E-state index in [0.29, 0.717) is 6.42 Å². The number of rotatable bonds is 5. The molecule has 0 spiro atoms. The molecule has 0 rings (SSSR count). The van der Waals surface area contributed by atoms with Gasteiger partial charge in [-0.2, -0.15) is 0 Å². The first-order valence-corrected chi connectivity index (χ1v) is 10.7. The number of nitrogens with two attached hydrogens (primary N) is 1. The van der Waals surface area contributed by atoms with Crippen LogP contribution in [0.4, 0.5) is 0 Å². The Morgan fingerprint density at radius 3 is 0.867 bits per heavy atom. The molecule has 0 aliphatic rings. The first kappa shape index (κ1) is 42.1. The van der Waals surface area contributed by atoms with E-state index < -0.39 is 0 Å². The molecule has 3 N–H and O–H groups in total. The largest absolute Gasteiger partial charge is 0.300 e. The average Bonchev–Trinajstić information content (AvgIpc) is 2.71. The lowest BCUT2D eigenvalue weighted by Gasteiger charge is -1.88. The molecule has 6 heteroatoms. The number of ketones is 3. The van der Waals surface area contributed by atoms with Crippen LogP contribution in [0.15, 0.2) is 23.3 Å². The number of hydrogen-bond donors (Lipinski definition) is 2. The second kappa shape index (κ2) is 37.6. The maximum atomic E-state index is 10.3. The van der Waals surface area contributed by atoms with Crippen LogP contribution in [0.3, 0.4) is 0 Å². The van der Waals surface area contributed by atoms with E-state index in [2.05, 4.69) is 5.84 Å². The van der Waals surface area contributed by atoms with Crippen molar-refractivity contribution in [3.05, 3.63) is 23.3 Å². The van der Waals surface area contributed by atoms with E-state index in [9.17, 15) is 19.2 Å². The van der Waals surface area contributed by atoms with Gasteiger partial charge in [-0.25, -0.2) is 5.84 Å². The Balaban J connectivity index is -0.0000000617. The van der Waals surface area contributed by atoms with Crippen molar-refractivity contribution in [2.24, 2.45) is 5.84 Å². The first-order chi connectivity index (χ1) is 13.9. The maximum absolute atomic E-state index is 10.3. The SMILES string of the molecule is CC.CC.CC(=O)NN.CC/C(C)=C\C(C)=O.CC/C(C)=C\C(C)=O.CCC(C)=O. The number of amides is 1. The van der Waals surface area contributed by atoms with Crippen molar-refractivity contribution >= 4 is 23.3 Å². The lowest BCUT2D eigenvalue weighted by Crippen LogP contribution is -2.26. The summed E-state index contributed by atoms with van der Waals surface area (Å²) in [5.74, 6) is 4.89.